The largest absolute Gasteiger partial charge is 0.383 e. The van der Waals surface area contributed by atoms with Gasteiger partial charge in [-0.3, -0.25) is 10.3 Å². The Morgan fingerprint density at radius 3 is 2.84 bits per heavy atom. The first kappa shape index (κ1) is 17.3. The quantitative estimate of drug-likeness (QED) is 0.704. The first-order chi connectivity index (χ1) is 12.1. The highest BCUT2D eigenvalue weighted by atomic mass is 16.2. The van der Waals surface area contributed by atoms with Gasteiger partial charge in [0.25, 0.3) is 0 Å². The van der Waals surface area contributed by atoms with Crippen LogP contribution in [0.15, 0.2) is 24.5 Å². The molecule has 0 aliphatic heterocycles. The molecular weight excluding hydrogens is 316 g/mol. The molecule has 0 aromatic carbocycles. The number of urea groups is 1. The lowest BCUT2D eigenvalue weighted by Crippen LogP contribution is -2.33. The topological polar surface area (TPSA) is 83.9 Å². The predicted octanol–water partition coefficient (Wildman–Crippen LogP) is 3.24. The second-order valence-corrected chi connectivity index (χ2v) is 6.55. The van der Waals surface area contributed by atoms with Crippen LogP contribution in [-0.4, -0.2) is 33.9 Å². The first-order valence-corrected chi connectivity index (χ1v) is 8.89. The van der Waals surface area contributed by atoms with Crippen LogP contribution in [0.5, 0.6) is 0 Å². The van der Waals surface area contributed by atoms with Crippen molar-refractivity contribution in [1.82, 2.24) is 20.1 Å². The average molecular weight is 342 g/mol. The van der Waals surface area contributed by atoms with Crippen molar-refractivity contribution in [2.24, 2.45) is 0 Å². The fourth-order valence-electron chi connectivity index (χ4n) is 3.24. The fraction of sp³-hybridized carbons (Fsp3) is 0.500. The number of pyridine rings is 1. The van der Waals surface area contributed by atoms with E-state index in [2.05, 4.69) is 26.0 Å². The van der Waals surface area contributed by atoms with Crippen LogP contribution in [0.1, 0.15) is 43.0 Å². The Morgan fingerprint density at radius 1 is 1.28 bits per heavy atom. The van der Waals surface area contributed by atoms with E-state index in [0.29, 0.717) is 19.1 Å². The molecule has 0 saturated heterocycles. The van der Waals surface area contributed by atoms with Crippen LogP contribution < -0.4 is 16.0 Å². The fourth-order valence-corrected chi connectivity index (χ4v) is 3.24. The molecule has 0 radical (unpaired) electrons. The molecule has 0 unspecified atom stereocenters. The van der Waals surface area contributed by atoms with Gasteiger partial charge in [-0.2, -0.15) is 5.10 Å². The molecule has 2 heterocycles. The van der Waals surface area contributed by atoms with Gasteiger partial charge in [0, 0.05) is 37.2 Å². The summed E-state index contributed by atoms with van der Waals surface area (Å²) in [4.78, 5) is 16.2. The summed E-state index contributed by atoms with van der Waals surface area (Å²) in [5, 5.41) is 13.6. The number of aryl methyl sites for hydroxylation is 2. The van der Waals surface area contributed by atoms with Crippen molar-refractivity contribution >= 4 is 17.5 Å². The molecule has 7 nitrogen and oxygen atoms in total. The molecule has 25 heavy (non-hydrogen) atoms. The van der Waals surface area contributed by atoms with Gasteiger partial charge in [0.05, 0.1) is 11.7 Å². The summed E-state index contributed by atoms with van der Waals surface area (Å²) in [5.41, 5.74) is 3.05. The summed E-state index contributed by atoms with van der Waals surface area (Å²) < 4.78 is 1.97. The Labute approximate surface area is 148 Å². The highest BCUT2D eigenvalue weighted by molar-refractivity contribution is 5.88. The standard InChI is InChI=1S/C18H26N6O/c1-13-12-19-8-7-16(13)20-9-10-21-18(25)22-17-11-14(2)23-24(17)15-5-3-4-6-15/h7-8,11-12,15H,3-6,9-10H2,1-2H3,(H,19,20)(H2,21,22,25). The van der Waals surface area contributed by atoms with Crippen LogP contribution in [0.2, 0.25) is 0 Å². The molecule has 1 fully saturated rings. The normalized spacial score (nSPS) is 14.5. The summed E-state index contributed by atoms with van der Waals surface area (Å²) >= 11 is 0. The number of rotatable bonds is 6. The van der Waals surface area contributed by atoms with E-state index in [-0.39, 0.29) is 6.03 Å². The molecule has 3 N–H and O–H groups in total. The van der Waals surface area contributed by atoms with E-state index >= 15 is 0 Å². The zero-order valence-corrected chi connectivity index (χ0v) is 14.9. The van der Waals surface area contributed by atoms with E-state index < -0.39 is 0 Å². The molecule has 0 atom stereocenters. The van der Waals surface area contributed by atoms with Crippen molar-refractivity contribution in [3.8, 4) is 0 Å². The Kier molecular flexibility index (Phi) is 5.53. The van der Waals surface area contributed by atoms with E-state index in [0.717, 1.165) is 35.6 Å². The summed E-state index contributed by atoms with van der Waals surface area (Å²) in [6.45, 7) is 5.14. The smallest absolute Gasteiger partial charge is 0.320 e. The maximum atomic E-state index is 12.2. The van der Waals surface area contributed by atoms with Gasteiger partial charge >= 0.3 is 6.03 Å². The molecule has 134 valence electrons. The number of nitrogens with one attached hydrogen (secondary N) is 3. The molecule has 0 spiro atoms. The van der Waals surface area contributed by atoms with Crippen molar-refractivity contribution in [1.29, 1.82) is 0 Å². The third-order valence-electron chi connectivity index (χ3n) is 4.52. The van der Waals surface area contributed by atoms with Crippen LogP contribution in [0.4, 0.5) is 16.3 Å². The lowest BCUT2D eigenvalue weighted by molar-refractivity contribution is 0.252. The van der Waals surface area contributed by atoms with Gasteiger partial charge in [-0.15, -0.1) is 0 Å². The van der Waals surface area contributed by atoms with E-state index in [9.17, 15) is 4.79 Å². The predicted molar refractivity (Wildman–Crippen MR) is 99.0 cm³/mol. The highest BCUT2D eigenvalue weighted by Crippen LogP contribution is 2.31. The molecule has 3 rings (SSSR count). The van der Waals surface area contributed by atoms with Gasteiger partial charge in [-0.05, 0) is 38.3 Å². The van der Waals surface area contributed by atoms with Gasteiger partial charge in [-0.1, -0.05) is 12.8 Å². The zero-order chi connectivity index (χ0) is 17.6. The highest BCUT2D eigenvalue weighted by Gasteiger charge is 2.21. The number of carbonyl (C=O) groups excluding carboxylic acids is 1. The van der Waals surface area contributed by atoms with Crippen LogP contribution >= 0.6 is 0 Å². The van der Waals surface area contributed by atoms with Crippen LogP contribution in [0.25, 0.3) is 0 Å². The van der Waals surface area contributed by atoms with Gasteiger partial charge in [0.15, 0.2) is 0 Å². The monoisotopic (exact) mass is 342 g/mol. The molecule has 0 bridgehead atoms. The Balaban J connectivity index is 1.47. The number of nitrogens with zero attached hydrogens (tertiary/aromatic N) is 3. The molecule has 1 aliphatic rings. The molecule has 2 amide bonds. The number of hydrogen-bond donors (Lipinski definition) is 3. The second-order valence-electron chi connectivity index (χ2n) is 6.55. The molecule has 1 saturated carbocycles. The van der Waals surface area contributed by atoms with Crippen LogP contribution in [0.3, 0.4) is 0 Å². The van der Waals surface area contributed by atoms with E-state index in [1.54, 1.807) is 6.20 Å². The maximum absolute atomic E-state index is 12.2. The Hall–Kier alpha value is -2.57. The van der Waals surface area contributed by atoms with Gasteiger partial charge < -0.3 is 10.6 Å². The minimum absolute atomic E-state index is 0.201. The minimum Gasteiger partial charge on any atom is -0.383 e. The van der Waals surface area contributed by atoms with Crippen LogP contribution in [0, 0.1) is 13.8 Å². The van der Waals surface area contributed by atoms with Crippen molar-refractivity contribution in [2.75, 3.05) is 23.7 Å². The van der Waals surface area contributed by atoms with E-state index in [4.69, 9.17) is 0 Å². The Morgan fingerprint density at radius 2 is 2.08 bits per heavy atom. The van der Waals surface area contributed by atoms with E-state index in [1.165, 1.54) is 12.8 Å². The minimum atomic E-state index is -0.201. The van der Waals surface area contributed by atoms with Crippen molar-refractivity contribution in [3.05, 3.63) is 35.8 Å². The third kappa shape index (κ3) is 4.49. The lowest BCUT2D eigenvalue weighted by atomic mass is 10.2. The summed E-state index contributed by atoms with van der Waals surface area (Å²) in [5.74, 6) is 0.778. The lowest BCUT2D eigenvalue weighted by Gasteiger charge is -2.15. The average Bonchev–Trinajstić information content (AvgIpc) is 3.22. The first-order valence-electron chi connectivity index (χ1n) is 8.89. The van der Waals surface area contributed by atoms with Gasteiger partial charge in [-0.25, -0.2) is 9.48 Å². The Bertz CT molecular complexity index is 720. The summed E-state index contributed by atoms with van der Waals surface area (Å²) in [6, 6.07) is 4.06. The number of amides is 2. The van der Waals surface area contributed by atoms with Crippen molar-refractivity contribution in [3.63, 3.8) is 0 Å². The molecule has 1 aliphatic carbocycles. The SMILES string of the molecule is Cc1cc(NC(=O)NCCNc2ccncc2C)n(C2CCCC2)n1. The van der Waals surface area contributed by atoms with Crippen LogP contribution in [-0.2, 0) is 0 Å². The number of aromatic nitrogens is 3. The molecule has 2 aromatic heterocycles. The summed E-state index contributed by atoms with van der Waals surface area (Å²) in [7, 11) is 0. The third-order valence-corrected chi connectivity index (χ3v) is 4.52. The summed E-state index contributed by atoms with van der Waals surface area (Å²) in [6.07, 6.45) is 8.29. The van der Waals surface area contributed by atoms with Crippen molar-refractivity contribution in [2.45, 2.75) is 45.6 Å². The number of hydrogen-bond acceptors (Lipinski definition) is 4. The molecular formula is C18H26N6O. The van der Waals surface area contributed by atoms with Crippen molar-refractivity contribution < 1.29 is 4.79 Å². The number of anilines is 2. The molecule has 7 heteroatoms. The van der Waals surface area contributed by atoms with Gasteiger partial charge in [0.1, 0.15) is 5.82 Å². The molecule has 2 aromatic rings. The zero-order valence-electron chi connectivity index (χ0n) is 14.9. The van der Waals surface area contributed by atoms with Gasteiger partial charge in [0.2, 0.25) is 0 Å². The number of carbonyl (C=O) groups is 1. The second kappa shape index (κ2) is 8.00. The maximum Gasteiger partial charge on any atom is 0.320 e. The van der Waals surface area contributed by atoms with E-state index in [1.807, 2.05) is 36.9 Å².